The Kier molecular flexibility index (Phi) is 22.4. The highest BCUT2D eigenvalue weighted by Crippen LogP contribution is 2.15. The van der Waals surface area contributed by atoms with Gasteiger partial charge in [-0.15, -0.1) is 0 Å². The fraction of sp³-hybridized carbons (Fsp3) is 0.429. The van der Waals surface area contributed by atoms with Crippen LogP contribution in [0.2, 0.25) is 0 Å². The van der Waals surface area contributed by atoms with Gasteiger partial charge in [-0.05, 0) is 180 Å². The first kappa shape index (κ1) is 54.9. The molecule has 14 heteroatoms. The average Bonchev–Trinajstić information content (AvgIpc) is 3.16. The molecule has 0 aromatic heterocycles. The minimum absolute atomic E-state index is 0.0216. The number of nitrogens with two attached hydrogens (primary N) is 1. The largest absolute Gasteiger partial charge is 0.508 e. The zero-order valence-corrected chi connectivity index (χ0v) is 39.4. The summed E-state index contributed by atoms with van der Waals surface area (Å²) < 4.78 is 15.5. The number of benzene rings is 4. The van der Waals surface area contributed by atoms with Crippen molar-refractivity contribution in [3.8, 4) is 17.2 Å². The number of methoxy groups -OCH3 is 1. The van der Waals surface area contributed by atoms with Crippen molar-refractivity contribution in [2.24, 2.45) is 0 Å². The minimum Gasteiger partial charge on any atom is -0.508 e. The van der Waals surface area contributed by atoms with Gasteiger partial charge < -0.3 is 51.4 Å². The first-order valence-corrected chi connectivity index (χ1v) is 20.6. The molecule has 0 spiro atoms. The van der Waals surface area contributed by atoms with Gasteiger partial charge in [0.1, 0.15) is 30.5 Å². The van der Waals surface area contributed by atoms with Crippen molar-refractivity contribution in [3.05, 3.63) is 119 Å². The molecule has 0 bridgehead atoms. The number of carbonyl (C=O) groups is 4. The Hall–Kier alpha value is -6.12. The van der Waals surface area contributed by atoms with Crippen LogP contribution in [0.5, 0.6) is 17.2 Å². The molecule has 0 saturated heterocycles. The second kappa shape index (κ2) is 25.7. The van der Waals surface area contributed by atoms with E-state index in [2.05, 4.69) is 21.3 Å². The Morgan fingerprint density at radius 2 is 0.730 bits per heavy atom. The van der Waals surface area contributed by atoms with Crippen LogP contribution in [-0.4, -0.2) is 89.5 Å². The summed E-state index contributed by atoms with van der Waals surface area (Å²) in [6.07, 6.45) is 0. The topological polar surface area (TPSA) is 211 Å². The van der Waals surface area contributed by atoms with Crippen LogP contribution in [0.25, 0.3) is 0 Å². The average molecular weight is 874 g/mol. The number of phenols is 1. The standard InChI is InChI=1S/C14H21NO3.C13H19NO3.C11H16N2O.C11H15NO2/c1-14(2,3)15-13(16)11-5-7-12(8-6-11)18-10-9-17-4;1-13(2,3)14-12(16)10-4-6-11(7-5-10)17-9-8-15;1-11(2,3)13-10(14)8-4-6-9(12)7-5-8;1-11(2,3)12-10(14)8-4-6-9(13)7-5-8/h5-8H,9-10H2,1-4H3,(H,15,16);4-7,15H,8-9H2,1-3H3,(H,14,16);4-7H,12H2,1-3H3,(H,13,14);4-7,13H,1-3H3,(H,12,14). The van der Waals surface area contributed by atoms with Gasteiger partial charge in [-0.1, -0.05) is 0 Å². The molecule has 4 aromatic carbocycles. The van der Waals surface area contributed by atoms with Gasteiger partial charge in [-0.3, -0.25) is 19.2 Å². The van der Waals surface area contributed by atoms with Gasteiger partial charge in [0.05, 0.1) is 13.2 Å². The Morgan fingerprint density at radius 3 is 1.00 bits per heavy atom. The van der Waals surface area contributed by atoms with Crippen molar-refractivity contribution >= 4 is 29.3 Å². The lowest BCUT2D eigenvalue weighted by Crippen LogP contribution is -2.40. The van der Waals surface area contributed by atoms with E-state index < -0.39 is 0 Å². The van der Waals surface area contributed by atoms with Gasteiger partial charge in [-0.2, -0.15) is 0 Å². The zero-order valence-electron chi connectivity index (χ0n) is 39.4. The van der Waals surface area contributed by atoms with E-state index in [-0.39, 0.29) is 64.7 Å². The molecule has 0 aliphatic carbocycles. The summed E-state index contributed by atoms with van der Waals surface area (Å²) in [5.74, 6) is 1.16. The third-order valence-corrected chi connectivity index (χ3v) is 7.41. The predicted octanol–water partition coefficient (Wildman–Crippen LogP) is 7.54. The summed E-state index contributed by atoms with van der Waals surface area (Å²) in [5, 5.41) is 29.1. The predicted molar refractivity (Wildman–Crippen MR) is 251 cm³/mol. The molecule has 8 N–H and O–H groups in total. The Morgan fingerprint density at radius 1 is 0.460 bits per heavy atom. The van der Waals surface area contributed by atoms with Crippen molar-refractivity contribution in [1.29, 1.82) is 0 Å². The molecule has 0 saturated carbocycles. The number of carbonyl (C=O) groups excluding carboxylic acids is 4. The third-order valence-electron chi connectivity index (χ3n) is 7.41. The third kappa shape index (κ3) is 26.1. The van der Waals surface area contributed by atoms with Crippen molar-refractivity contribution < 1.29 is 43.6 Å². The highest BCUT2D eigenvalue weighted by molar-refractivity contribution is 5.96. The van der Waals surface area contributed by atoms with Gasteiger partial charge >= 0.3 is 0 Å². The maximum absolute atomic E-state index is 11.9. The van der Waals surface area contributed by atoms with Crippen molar-refractivity contribution in [2.45, 2.75) is 105 Å². The number of amides is 4. The fourth-order valence-electron chi connectivity index (χ4n) is 4.71. The van der Waals surface area contributed by atoms with E-state index in [1.807, 2.05) is 83.1 Å². The van der Waals surface area contributed by atoms with Crippen LogP contribution < -0.4 is 36.5 Å². The summed E-state index contributed by atoms with van der Waals surface area (Å²) in [4.78, 5) is 46.9. The maximum atomic E-state index is 11.9. The molecule has 14 nitrogen and oxygen atoms in total. The molecule has 4 amide bonds. The fourth-order valence-corrected chi connectivity index (χ4v) is 4.71. The summed E-state index contributed by atoms with van der Waals surface area (Å²) >= 11 is 0. The van der Waals surface area contributed by atoms with E-state index in [1.165, 1.54) is 12.1 Å². The smallest absolute Gasteiger partial charge is 0.251 e. The SMILES string of the molecule is CC(C)(C)NC(=O)c1ccc(N)cc1.CC(C)(C)NC(=O)c1ccc(O)cc1.CC(C)(C)NC(=O)c1ccc(OCCO)cc1.COCCOc1ccc(C(=O)NC(C)(C)C)cc1. The lowest BCUT2D eigenvalue weighted by atomic mass is 10.1. The molecule has 0 unspecified atom stereocenters. The quantitative estimate of drug-likeness (QED) is 0.0581. The number of rotatable bonds is 11. The van der Waals surface area contributed by atoms with Crippen molar-refractivity contribution in [2.75, 3.05) is 39.3 Å². The van der Waals surface area contributed by atoms with Crippen LogP contribution in [-0.2, 0) is 4.74 Å². The van der Waals surface area contributed by atoms with Gasteiger partial charge in [0, 0.05) is 57.2 Å². The van der Waals surface area contributed by atoms with Crippen LogP contribution in [0.15, 0.2) is 97.1 Å². The summed E-state index contributed by atoms with van der Waals surface area (Å²) in [6.45, 7) is 24.6. The molecule has 63 heavy (non-hydrogen) atoms. The Labute approximate surface area is 374 Å². The molecule has 0 atom stereocenters. The van der Waals surface area contributed by atoms with Crippen molar-refractivity contribution in [3.63, 3.8) is 0 Å². The summed E-state index contributed by atoms with van der Waals surface area (Å²) in [6, 6.07) is 27.0. The first-order chi connectivity index (χ1) is 29.1. The lowest BCUT2D eigenvalue weighted by molar-refractivity contribution is 0.0910. The second-order valence-corrected chi connectivity index (χ2v) is 18.4. The van der Waals surface area contributed by atoms with Gasteiger partial charge in [0.2, 0.25) is 0 Å². The molecule has 346 valence electrons. The number of aromatic hydroxyl groups is 1. The Bertz CT molecular complexity index is 1900. The van der Waals surface area contributed by atoms with Crippen LogP contribution in [0.3, 0.4) is 0 Å². The van der Waals surface area contributed by atoms with Crippen LogP contribution in [0.1, 0.15) is 125 Å². The summed E-state index contributed by atoms with van der Waals surface area (Å²) in [5.41, 5.74) is 7.67. The number of hydrogen-bond donors (Lipinski definition) is 7. The van der Waals surface area contributed by atoms with E-state index in [9.17, 15) is 19.2 Å². The number of aliphatic hydroxyl groups is 1. The highest BCUT2D eigenvalue weighted by Gasteiger charge is 2.18. The number of nitrogens with one attached hydrogen (secondary N) is 4. The summed E-state index contributed by atoms with van der Waals surface area (Å²) in [7, 11) is 1.63. The number of phenolic OH excluding ortho intramolecular Hbond substituents is 1. The molecule has 4 aromatic rings. The van der Waals surface area contributed by atoms with Gasteiger partial charge in [-0.25, -0.2) is 0 Å². The van der Waals surface area contributed by atoms with E-state index >= 15 is 0 Å². The minimum atomic E-state index is -0.247. The van der Waals surface area contributed by atoms with E-state index in [0.29, 0.717) is 46.9 Å². The number of nitrogen functional groups attached to an aromatic ring is 1. The Balaban J connectivity index is 0.000000422. The van der Waals surface area contributed by atoms with Crippen LogP contribution in [0, 0.1) is 0 Å². The number of anilines is 1. The zero-order chi connectivity index (χ0) is 48.0. The van der Waals surface area contributed by atoms with E-state index in [1.54, 1.807) is 92.0 Å². The molecule has 0 aliphatic rings. The second-order valence-electron chi connectivity index (χ2n) is 18.4. The molecule has 0 radical (unpaired) electrons. The van der Waals surface area contributed by atoms with Gasteiger partial charge in [0.25, 0.3) is 23.6 Å². The normalized spacial score (nSPS) is 11.1. The number of aliphatic hydroxyl groups excluding tert-OH is 1. The maximum Gasteiger partial charge on any atom is 0.251 e. The molecule has 0 fully saturated rings. The molecule has 4 rings (SSSR count). The van der Waals surface area contributed by atoms with Crippen molar-refractivity contribution in [1.82, 2.24) is 21.3 Å². The first-order valence-electron chi connectivity index (χ1n) is 20.6. The molecule has 0 heterocycles. The molecular weight excluding hydrogens is 803 g/mol. The number of hydrogen-bond acceptors (Lipinski definition) is 10. The lowest BCUT2D eigenvalue weighted by Gasteiger charge is -2.20. The van der Waals surface area contributed by atoms with Crippen LogP contribution in [0.4, 0.5) is 5.69 Å². The molecular formula is C49H71N5O9. The van der Waals surface area contributed by atoms with Gasteiger partial charge in [0.15, 0.2) is 0 Å². The monoisotopic (exact) mass is 874 g/mol. The van der Waals surface area contributed by atoms with Crippen LogP contribution >= 0.6 is 0 Å². The van der Waals surface area contributed by atoms with E-state index in [4.69, 9.17) is 30.2 Å². The number of ether oxygens (including phenoxy) is 3. The van der Waals surface area contributed by atoms with E-state index in [0.717, 1.165) is 5.75 Å². The molecule has 0 aliphatic heterocycles. The highest BCUT2D eigenvalue weighted by atomic mass is 16.5.